The van der Waals surface area contributed by atoms with Gasteiger partial charge in [-0.2, -0.15) is 8.42 Å². The number of nitrogens with zero attached hydrogens (tertiary/aromatic N) is 1. The van der Waals surface area contributed by atoms with Crippen LogP contribution in [-0.4, -0.2) is 44.9 Å². The van der Waals surface area contributed by atoms with Gasteiger partial charge < -0.3 is 19.1 Å². The van der Waals surface area contributed by atoms with E-state index in [-0.39, 0.29) is 24.1 Å². The van der Waals surface area contributed by atoms with Gasteiger partial charge in [-0.15, -0.1) is 0 Å². The van der Waals surface area contributed by atoms with Crippen molar-refractivity contribution < 1.29 is 26.5 Å². The first-order valence-corrected chi connectivity index (χ1v) is 11.0. The molecule has 1 heterocycles. The number of halogens is 1. The highest BCUT2D eigenvalue weighted by molar-refractivity contribution is 7.86. The van der Waals surface area contributed by atoms with E-state index in [0.29, 0.717) is 13.2 Å². The van der Waals surface area contributed by atoms with Crippen LogP contribution in [0.5, 0.6) is 5.75 Å². The lowest BCUT2D eigenvalue weighted by atomic mass is 10.2. The summed E-state index contributed by atoms with van der Waals surface area (Å²) in [5.74, 6) is -0.321. The number of para-hydroxylation sites is 1. The number of amides is 2. The lowest BCUT2D eigenvalue weighted by Gasteiger charge is -2.26. The zero-order valence-electron chi connectivity index (χ0n) is 16.0. The van der Waals surface area contributed by atoms with Crippen molar-refractivity contribution in [1.82, 2.24) is 4.90 Å². The first-order valence-electron chi connectivity index (χ1n) is 9.20. The third-order valence-corrected chi connectivity index (χ3v) is 4.89. The van der Waals surface area contributed by atoms with Gasteiger partial charge in [-0.3, -0.25) is 0 Å². The molecule has 7 nitrogen and oxygen atoms in total. The molecule has 0 aromatic heterocycles. The van der Waals surface area contributed by atoms with Gasteiger partial charge in [0.15, 0.2) is 0 Å². The van der Waals surface area contributed by atoms with Gasteiger partial charge in [0.2, 0.25) is 0 Å². The predicted molar refractivity (Wildman–Crippen MR) is 107 cm³/mol. The molecule has 156 valence electrons. The van der Waals surface area contributed by atoms with Gasteiger partial charge in [0, 0.05) is 19.7 Å². The molecule has 0 spiro atoms. The summed E-state index contributed by atoms with van der Waals surface area (Å²) in [5, 5.41) is 2.60. The number of ether oxygens (including phenoxy) is 1. The number of urea groups is 1. The molecule has 2 amide bonds. The van der Waals surface area contributed by atoms with Crippen molar-refractivity contribution in [1.29, 1.82) is 0 Å². The van der Waals surface area contributed by atoms with Gasteiger partial charge in [0.05, 0.1) is 18.0 Å². The van der Waals surface area contributed by atoms with Gasteiger partial charge in [-0.25, -0.2) is 9.18 Å². The molecule has 0 radical (unpaired) electrons. The summed E-state index contributed by atoms with van der Waals surface area (Å²) in [6.07, 6.45) is 2.68. The van der Waals surface area contributed by atoms with Crippen LogP contribution in [0.1, 0.15) is 18.4 Å². The molecular formula is C20H23FN2O5S. The van der Waals surface area contributed by atoms with Crippen molar-refractivity contribution in [3.8, 4) is 5.75 Å². The molecule has 1 N–H and O–H groups in total. The monoisotopic (exact) mass is 422 g/mol. The number of hydrogen-bond acceptors (Lipinski definition) is 5. The summed E-state index contributed by atoms with van der Waals surface area (Å²) in [4.78, 5) is 14.4. The summed E-state index contributed by atoms with van der Waals surface area (Å²) in [5.41, 5.74) is 0.874. The van der Waals surface area contributed by atoms with Crippen LogP contribution in [-0.2, 0) is 21.4 Å². The number of carbonyl (C=O) groups excluding carboxylic acids is 1. The van der Waals surface area contributed by atoms with E-state index in [1.807, 2.05) is 0 Å². The van der Waals surface area contributed by atoms with Crippen LogP contribution in [0.3, 0.4) is 0 Å². The molecule has 9 heteroatoms. The minimum Gasteiger partial charge on any atom is -0.383 e. The molecule has 1 aliphatic heterocycles. The molecule has 0 aliphatic carbocycles. The fraction of sp³-hybridized carbons (Fsp3) is 0.350. The van der Waals surface area contributed by atoms with Crippen molar-refractivity contribution in [2.24, 2.45) is 0 Å². The van der Waals surface area contributed by atoms with E-state index in [9.17, 15) is 17.6 Å². The molecule has 1 saturated heterocycles. The Bertz CT molecular complexity index is 944. The van der Waals surface area contributed by atoms with E-state index in [4.69, 9.17) is 8.92 Å². The van der Waals surface area contributed by atoms with E-state index >= 15 is 0 Å². The Labute approximate surface area is 169 Å². The normalized spacial score (nSPS) is 16.4. The van der Waals surface area contributed by atoms with E-state index < -0.39 is 22.0 Å². The third kappa shape index (κ3) is 6.43. The fourth-order valence-corrected chi connectivity index (χ4v) is 3.52. The number of anilines is 1. The highest BCUT2D eigenvalue weighted by Crippen LogP contribution is 2.20. The maximum Gasteiger partial charge on any atom is 0.322 e. The van der Waals surface area contributed by atoms with Crippen LogP contribution in [0.15, 0.2) is 48.5 Å². The summed E-state index contributed by atoms with van der Waals surface area (Å²) >= 11 is 0. The molecule has 3 rings (SSSR count). The second-order valence-corrected chi connectivity index (χ2v) is 8.43. The number of benzene rings is 2. The van der Waals surface area contributed by atoms with Gasteiger partial charge in [-0.1, -0.05) is 24.3 Å². The van der Waals surface area contributed by atoms with Gasteiger partial charge in [-0.05, 0) is 42.7 Å². The Balaban J connectivity index is 1.72. The van der Waals surface area contributed by atoms with Crippen LogP contribution >= 0.6 is 0 Å². The topological polar surface area (TPSA) is 84.9 Å². The maximum atomic E-state index is 13.9. The number of rotatable bonds is 7. The SMILES string of the molecule is CS(=O)(=O)Oc1ccc(CN(C[C@H]2CCCO2)C(=O)Nc2ccccc2F)cc1. The molecule has 2 aromatic carbocycles. The zero-order valence-corrected chi connectivity index (χ0v) is 16.8. The summed E-state index contributed by atoms with van der Waals surface area (Å²) < 4.78 is 46.8. The Morgan fingerprint density at radius 1 is 1.24 bits per heavy atom. The second-order valence-electron chi connectivity index (χ2n) is 6.86. The lowest BCUT2D eigenvalue weighted by molar-refractivity contribution is 0.0819. The molecular weight excluding hydrogens is 399 g/mol. The van der Waals surface area contributed by atoms with Crippen molar-refractivity contribution in [3.05, 3.63) is 59.9 Å². The van der Waals surface area contributed by atoms with Gasteiger partial charge in [0.25, 0.3) is 0 Å². The van der Waals surface area contributed by atoms with Crippen LogP contribution in [0.4, 0.5) is 14.9 Å². The van der Waals surface area contributed by atoms with Gasteiger partial charge >= 0.3 is 16.1 Å². The minimum atomic E-state index is -3.61. The van der Waals surface area contributed by atoms with E-state index in [1.165, 1.54) is 24.3 Å². The molecule has 0 saturated carbocycles. The second kappa shape index (κ2) is 9.23. The minimum absolute atomic E-state index is 0.0748. The average molecular weight is 422 g/mol. The summed E-state index contributed by atoms with van der Waals surface area (Å²) in [6, 6.07) is 11.9. The Kier molecular flexibility index (Phi) is 6.71. The molecule has 1 fully saturated rings. The van der Waals surface area contributed by atoms with Crippen LogP contribution in [0.25, 0.3) is 0 Å². The molecule has 1 atom stereocenters. The highest BCUT2D eigenvalue weighted by Gasteiger charge is 2.23. The Hall–Kier alpha value is -2.65. The van der Waals surface area contributed by atoms with Crippen LogP contribution in [0.2, 0.25) is 0 Å². The van der Waals surface area contributed by atoms with E-state index in [0.717, 1.165) is 24.7 Å². The first kappa shape index (κ1) is 21.1. The number of carbonyl (C=O) groups is 1. The molecule has 29 heavy (non-hydrogen) atoms. The molecule has 2 aromatic rings. The number of nitrogens with one attached hydrogen (secondary N) is 1. The van der Waals surface area contributed by atoms with Crippen LogP contribution < -0.4 is 9.50 Å². The smallest absolute Gasteiger partial charge is 0.322 e. The fourth-order valence-electron chi connectivity index (χ4n) is 3.06. The Morgan fingerprint density at radius 3 is 2.59 bits per heavy atom. The number of hydrogen-bond donors (Lipinski definition) is 1. The maximum absolute atomic E-state index is 13.9. The van der Waals surface area contributed by atoms with Crippen LogP contribution in [0, 0.1) is 5.82 Å². The summed E-state index contributed by atoms with van der Waals surface area (Å²) in [7, 11) is -3.61. The van der Waals surface area contributed by atoms with Crippen molar-refractivity contribution >= 4 is 21.8 Å². The molecule has 0 bridgehead atoms. The van der Waals surface area contributed by atoms with Gasteiger partial charge in [0.1, 0.15) is 11.6 Å². The summed E-state index contributed by atoms with van der Waals surface area (Å²) in [6.45, 7) is 1.27. The quantitative estimate of drug-likeness (QED) is 0.692. The zero-order chi connectivity index (χ0) is 20.9. The first-order chi connectivity index (χ1) is 13.8. The lowest BCUT2D eigenvalue weighted by Crippen LogP contribution is -2.39. The third-order valence-electron chi connectivity index (χ3n) is 4.40. The molecule has 0 unspecified atom stereocenters. The van der Waals surface area contributed by atoms with Crippen molar-refractivity contribution in [2.45, 2.75) is 25.5 Å². The Morgan fingerprint density at radius 2 is 1.97 bits per heavy atom. The van der Waals surface area contributed by atoms with E-state index in [1.54, 1.807) is 29.2 Å². The van der Waals surface area contributed by atoms with E-state index in [2.05, 4.69) is 5.32 Å². The van der Waals surface area contributed by atoms with Crippen molar-refractivity contribution in [2.75, 3.05) is 24.7 Å². The predicted octanol–water partition coefficient (Wildman–Crippen LogP) is 3.38. The highest BCUT2D eigenvalue weighted by atomic mass is 32.2. The molecule has 1 aliphatic rings. The average Bonchev–Trinajstić information content (AvgIpc) is 3.16. The standard InChI is InChI=1S/C20H23FN2O5S/c1-29(25,26)28-16-10-8-15(9-11-16)13-23(14-17-5-4-12-27-17)20(24)22-19-7-3-2-6-18(19)21/h2-3,6-11,17H,4-5,12-14H2,1H3,(H,22,24)/t17-/m1/s1. The van der Waals surface area contributed by atoms with Crippen molar-refractivity contribution in [3.63, 3.8) is 0 Å². The largest absolute Gasteiger partial charge is 0.383 e.